The van der Waals surface area contributed by atoms with E-state index in [4.69, 9.17) is 18.9 Å². The van der Waals surface area contributed by atoms with E-state index < -0.39 is 11.9 Å². The Morgan fingerprint density at radius 3 is 1.84 bits per heavy atom. The van der Waals surface area contributed by atoms with Gasteiger partial charge < -0.3 is 29.2 Å². The van der Waals surface area contributed by atoms with Gasteiger partial charge in [0.1, 0.15) is 34.1 Å². The Labute approximate surface area is 189 Å². The van der Waals surface area contributed by atoms with Crippen LogP contribution in [0, 0.1) is 0 Å². The lowest BCUT2D eigenvalue weighted by atomic mass is 10.2. The van der Waals surface area contributed by atoms with Crippen LogP contribution in [0.4, 0.5) is 0 Å². The third-order valence-corrected chi connectivity index (χ3v) is 4.22. The molecule has 0 saturated heterocycles. The van der Waals surface area contributed by atoms with Crippen molar-refractivity contribution in [2.45, 2.75) is 27.7 Å². The number of esters is 2. The highest BCUT2D eigenvalue weighted by atomic mass is 79.9. The first kappa shape index (κ1) is 26.1. The second-order valence-corrected chi connectivity index (χ2v) is 6.64. The summed E-state index contributed by atoms with van der Waals surface area (Å²) in [6, 6.07) is 7.54. The topological polar surface area (TPSA) is 112 Å². The number of carbonyl (C=O) groups excluding carboxylic acids is 2. The number of hydrogen-bond acceptors (Lipinski definition) is 8. The van der Waals surface area contributed by atoms with Crippen molar-refractivity contribution in [3.8, 4) is 23.0 Å². The minimum Gasteiger partial charge on any atom is -0.507 e. The molecule has 2 rings (SSSR count). The highest BCUT2D eigenvalue weighted by Crippen LogP contribution is 2.33. The van der Waals surface area contributed by atoms with Crippen LogP contribution in [0.1, 0.15) is 48.4 Å². The number of phenols is 2. The first-order valence-electron chi connectivity index (χ1n) is 9.74. The second-order valence-electron chi connectivity index (χ2n) is 5.79. The number of benzene rings is 2. The average molecular weight is 499 g/mol. The summed E-state index contributed by atoms with van der Waals surface area (Å²) in [6.45, 7) is 8.62. The van der Waals surface area contributed by atoms with Crippen LogP contribution in [-0.4, -0.2) is 48.6 Å². The Morgan fingerprint density at radius 2 is 1.29 bits per heavy atom. The zero-order valence-corrected chi connectivity index (χ0v) is 19.5. The quantitative estimate of drug-likeness (QED) is 0.503. The van der Waals surface area contributed by atoms with Gasteiger partial charge in [0.25, 0.3) is 0 Å². The molecule has 0 aliphatic carbocycles. The molecule has 0 heterocycles. The van der Waals surface area contributed by atoms with Crippen LogP contribution in [0.3, 0.4) is 0 Å². The van der Waals surface area contributed by atoms with Crippen molar-refractivity contribution in [3.05, 3.63) is 45.9 Å². The van der Waals surface area contributed by atoms with Gasteiger partial charge in [-0.05, 0) is 74.0 Å². The van der Waals surface area contributed by atoms with Crippen LogP contribution in [0.5, 0.6) is 23.0 Å². The number of aromatic hydroxyl groups is 2. The van der Waals surface area contributed by atoms with Crippen molar-refractivity contribution in [2.24, 2.45) is 0 Å². The van der Waals surface area contributed by atoms with Gasteiger partial charge in [-0.15, -0.1) is 0 Å². The molecule has 0 aliphatic rings. The Balaban J connectivity index is 0.000000311. The number of phenolic OH excluding ortho intramolecular Hbond substituents is 2. The van der Waals surface area contributed by atoms with Gasteiger partial charge in [-0.1, -0.05) is 0 Å². The van der Waals surface area contributed by atoms with E-state index in [-0.39, 0.29) is 35.8 Å². The first-order valence-corrected chi connectivity index (χ1v) is 10.5. The molecule has 9 heteroatoms. The standard InChI is InChI=1S/C11H13BrO4.C11H14O4/c1-3-15-7-5-8(11(14)16-4-2)10(13)9(12)6-7;1-3-14-8-5-6-10(12)9(7-8)11(13)15-4-2/h5-6,13H,3-4H2,1-2H3;5-7,12H,3-4H2,1-2H3. The molecule has 170 valence electrons. The first-order chi connectivity index (χ1) is 14.8. The summed E-state index contributed by atoms with van der Waals surface area (Å²) in [5.74, 6) is -0.300. The molecule has 0 fully saturated rings. The molecule has 2 aromatic carbocycles. The van der Waals surface area contributed by atoms with E-state index >= 15 is 0 Å². The zero-order valence-electron chi connectivity index (χ0n) is 17.9. The number of carbonyl (C=O) groups is 2. The SMILES string of the molecule is CCOC(=O)c1cc(OCC)cc(Br)c1O.CCOC(=O)c1cc(OCC)ccc1O. The molecule has 0 aliphatic heterocycles. The number of halogens is 1. The molecule has 0 aromatic heterocycles. The van der Waals surface area contributed by atoms with Crippen LogP contribution in [0.2, 0.25) is 0 Å². The van der Waals surface area contributed by atoms with Gasteiger partial charge in [-0.25, -0.2) is 9.59 Å². The summed E-state index contributed by atoms with van der Waals surface area (Å²) in [5.41, 5.74) is 0.225. The minimum absolute atomic E-state index is 0.0969. The van der Waals surface area contributed by atoms with E-state index in [2.05, 4.69) is 15.9 Å². The molecule has 0 saturated carbocycles. The maximum Gasteiger partial charge on any atom is 0.342 e. The largest absolute Gasteiger partial charge is 0.507 e. The van der Waals surface area contributed by atoms with E-state index in [9.17, 15) is 19.8 Å². The van der Waals surface area contributed by atoms with Gasteiger partial charge >= 0.3 is 11.9 Å². The Bertz CT molecular complexity index is 882. The summed E-state index contributed by atoms with van der Waals surface area (Å²) in [4.78, 5) is 22.9. The van der Waals surface area contributed by atoms with Crippen molar-refractivity contribution in [1.82, 2.24) is 0 Å². The monoisotopic (exact) mass is 498 g/mol. The maximum atomic E-state index is 11.5. The fourth-order valence-corrected chi connectivity index (χ4v) is 2.77. The molecule has 0 radical (unpaired) electrons. The smallest absolute Gasteiger partial charge is 0.342 e. The van der Waals surface area contributed by atoms with Crippen LogP contribution in [-0.2, 0) is 9.47 Å². The maximum absolute atomic E-state index is 11.5. The summed E-state index contributed by atoms with van der Waals surface area (Å²) in [7, 11) is 0. The number of rotatable bonds is 8. The molecule has 0 atom stereocenters. The van der Waals surface area contributed by atoms with Gasteiger partial charge in [0.15, 0.2) is 0 Å². The summed E-state index contributed by atoms with van der Waals surface area (Å²) in [5, 5.41) is 19.1. The van der Waals surface area contributed by atoms with Gasteiger partial charge in [0.2, 0.25) is 0 Å². The van der Waals surface area contributed by atoms with E-state index in [1.165, 1.54) is 18.2 Å². The van der Waals surface area contributed by atoms with E-state index in [0.29, 0.717) is 29.2 Å². The fourth-order valence-electron chi connectivity index (χ4n) is 2.33. The Hall–Kier alpha value is -2.94. The average Bonchev–Trinajstić information content (AvgIpc) is 2.73. The molecule has 8 nitrogen and oxygen atoms in total. The van der Waals surface area contributed by atoms with Crippen molar-refractivity contribution in [2.75, 3.05) is 26.4 Å². The van der Waals surface area contributed by atoms with Crippen molar-refractivity contribution in [3.63, 3.8) is 0 Å². The van der Waals surface area contributed by atoms with Crippen molar-refractivity contribution in [1.29, 1.82) is 0 Å². The van der Waals surface area contributed by atoms with E-state index in [1.54, 1.807) is 26.0 Å². The molecule has 0 amide bonds. The molecule has 2 N–H and O–H groups in total. The Morgan fingerprint density at radius 1 is 0.774 bits per heavy atom. The zero-order chi connectivity index (χ0) is 23.4. The fraction of sp³-hybridized carbons (Fsp3) is 0.364. The lowest BCUT2D eigenvalue weighted by Gasteiger charge is -2.09. The van der Waals surface area contributed by atoms with Gasteiger partial charge in [0.05, 0.1) is 30.9 Å². The lowest BCUT2D eigenvalue weighted by molar-refractivity contribution is 0.0512. The molecule has 0 bridgehead atoms. The summed E-state index contributed by atoms with van der Waals surface area (Å²) >= 11 is 3.15. The van der Waals surface area contributed by atoms with Gasteiger partial charge in [-0.2, -0.15) is 0 Å². The molecular weight excluding hydrogens is 472 g/mol. The minimum atomic E-state index is -0.567. The van der Waals surface area contributed by atoms with Crippen molar-refractivity contribution < 1.29 is 38.7 Å². The molecule has 0 spiro atoms. The van der Waals surface area contributed by atoms with Crippen LogP contribution in [0.15, 0.2) is 34.8 Å². The van der Waals surface area contributed by atoms with Crippen LogP contribution in [0.25, 0.3) is 0 Å². The third-order valence-electron chi connectivity index (χ3n) is 3.62. The molecule has 2 aromatic rings. The van der Waals surface area contributed by atoms with E-state index in [1.807, 2.05) is 13.8 Å². The molecular formula is C22H27BrO8. The van der Waals surface area contributed by atoms with Crippen molar-refractivity contribution >= 4 is 27.9 Å². The summed E-state index contributed by atoms with van der Waals surface area (Å²) in [6.07, 6.45) is 0. The second kappa shape index (κ2) is 13.4. The molecule has 31 heavy (non-hydrogen) atoms. The van der Waals surface area contributed by atoms with Crippen LogP contribution < -0.4 is 9.47 Å². The lowest BCUT2D eigenvalue weighted by Crippen LogP contribution is -2.06. The number of hydrogen-bond donors (Lipinski definition) is 2. The number of ether oxygens (including phenoxy) is 4. The highest BCUT2D eigenvalue weighted by Gasteiger charge is 2.17. The highest BCUT2D eigenvalue weighted by molar-refractivity contribution is 9.10. The normalized spacial score (nSPS) is 9.84. The van der Waals surface area contributed by atoms with Gasteiger partial charge in [0, 0.05) is 0 Å². The van der Waals surface area contributed by atoms with Gasteiger partial charge in [-0.3, -0.25) is 0 Å². The third kappa shape index (κ3) is 8.01. The molecule has 0 unspecified atom stereocenters. The Kier molecular flexibility index (Phi) is 11.3. The van der Waals surface area contributed by atoms with E-state index in [0.717, 1.165) is 0 Å². The predicted octanol–water partition coefficient (Wildman–Crippen LogP) is 4.70. The predicted molar refractivity (Wildman–Crippen MR) is 118 cm³/mol. The van der Waals surface area contributed by atoms with Crippen LogP contribution >= 0.6 is 15.9 Å². The summed E-state index contributed by atoms with van der Waals surface area (Å²) < 4.78 is 20.5.